The van der Waals surface area contributed by atoms with E-state index in [2.05, 4.69) is 15.9 Å². The highest BCUT2D eigenvalue weighted by molar-refractivity contribution is 9.10. The summed E-state index contributed by atoms with van der Waals surface area (Å²) in [5.74, 6) is 0. The number of hydrogen-bond acceptors (Lipinski definition) is 1. The van der Waals surface area contributed by atoms with Gasteiger partial charge in [0.1, 0.15) is 6.10 Å². The molecule has 2 rings (SSSR count). The molecule has 2 aromatic rings. The Balaban J connectivity index is 2.46. The van der Waals surface area contributed by atoms with E-state index in [1.165, 1.54) is 0 Å². The Labute approximate surface area is 131 Å². The highest BCUT2D eigenvalue weighted by atomic mass is 79.9. The van der Waals surface area contributed by atoms with Gasteiger partial charge in [0, 0.05) is 15.1 Å². The maximum Gasteiger partial charge on any atom is 0.106 e. The third kappa shape index (κ3) is 3.14. The molecule has 0 radical (unpaired) electrons. The summed E-state index contributed by atoms with van der Waals surface area (Å²) in [6.45, 7) is 3.99. The first-order valence-electron chi connectivity index (χ1n) is 5.80. The minimum atomic E-state index is -0.780. The van der Waals surface area contributed by atoms with Crippen LogP contribution in [0.2, 0.25) is 10.0 Å². The molecule has 0 aliphatic carbocycles. The van der Waals surface area contributed by atoms with Crippen LogP contribution in [0.25, 0.3) is 0 Å². The van der Waals surface area contributed by atoms with E-state index in [4.69, 9.17) is 23.2 Å². The van der Waals surface area contributed by atoms with Crippen molar-refractivity contribution in [3.05, 3.63) is 67.1 Å². The van der Waals surface area contributed by atoms with Crippen molar-refractivity contribution in [1.82, 2.24) is 0 Å². The molecule has 0 aliphatic heterocycles. The molecule has 19 heavy (non-hydrogen) atoms. The first-order chi connectivity index (χ1) is 8.90. The zero-order valence-electron chi connectivity index (χ0n) is 10.5. The molecule has 0 aliphatic rings. The van der Waals surface area contributed by atoms with Crippen molar-refractivity contribution in [2.45, 2.75) is 20.0 Å². The Morgan fingerprint density at radius 3 is 2.26 bits per heavy atom. The van der Waals surface area contributed by atoms with Crippen molar-refractivity contribution < 1.29 is 5.11 Å². The second-order valence-corrected chi connectivity index (χ2v) is 6.20. The van der Waals surface area contributed by atoms with Crippen molar-refractivity contribution in [3.8, 4) is 0 Å². The standard InChI is InChI=1S/C15H13BrCl2O/c1-8-5-11(13(17)6-9(8)2)15(19)10-3-4-12(16)14(18)7-10/h3-7,15,19H,1-2H3. The van der Waals surface area contributed by atoms with Gasteiger partial charge in [-0.2, -0.15) is 0 Å². The van der Waals surface area contributed by atoms with Crippen molar-refractivity contribution in [2.24, 2.45) is 0 Å². The molecular formula is C15H13BrCl2O. The van der Waals surface area contributed by atoms with E-state index in [1.807, 2.05) is 38.1 Å². The number of rotatable bonds is 2. The van der Waals surface area contributed by atoms with E-state index >= 15 is 0 Å². The smallest absolute Gasteiger partial charge is 0.106 e. The highest BCUT2D eigenvalue weighted by Gasteiger charge is 2.16. The summed E-state index contributed by atoms with van der Waals surface area (Å²) in [4.78, 5) is 0. The van der Waals surface area contributed by atoms with E-state index < -0.39 is 6.10 Å². The zero-order valence-corrected chi connectivity index (χ0v) is 13.6. The van der Waals surface area contributed by atoms with Crippen LogP contribution in [0, 0.1) is 13.8 Å². The number of aryl methyl sites for hydroxylation is 2. The van der Waals surface area contributed by atoms with Gasteiger partial charge in [0.15, 0.2) is 0 Å². The highest BCUT2D eigenvalue weighted by Crippen LogP contribution is 2.33. The molecule has 1 unspecified atom stereocenters. The largest absolute Gasteiger partial charge is 0.384 e. The normalized spacial score (nSPS) is 12.5. The van der Waals surface area contributed by atoms with Gasteiger partial charge in [-0.3, -0.25) is 0 Å². The first kappa shape index (κ1) is 14.9. The van der Waals surface area contributed by atoms with E-state index in [1.54, 1.807) is 6.07 Å². The van der Waals surface area contributed by atoms with Gasteiger partial charge in [0.25, 0.3) is 0 Å². The second kappa shape index (κ2) is 5.84. The molecule has 0 aromatic heterocycles. The zero-order chi connectivity index (χ0) is 14.2. The third-order valence-corrected chi connectivity index (χ3v) is 4.73. The Hall–Kier alpha value is -0.540. The number of halogens is 3. The molecule has 0 saturated carbocycles. The summed E-state index contributed by atoms with van der Waals surface area (Å²) in [5, 5.41) is 11.6. The minimum Gasteiger partial charge on any atom is -0.384 e. The molecule has 0 bridgehead atoms. The van der Waals surface area contributed by atoms with Crippen LogP contribution in [0.15, 0.2) is 34.8 Å². The lowest BCUT2D eigenvalue weighted by Crippen LogP contribution is -2.02. The van der Waals surface area contributed by atoms with Gasteiger partial charge in [0.2, 0.25) is 0 Å². The molecule has 0 spiro atoms. The first-order valence-corrected chi connectivity index (χ1v) is 7.34. The quantitative estimate of drug-likeness (QED) is 0.755. The summed E-state index contributed by atoms with van der Waals surface area (Å²) in [6, 6.07) is 9.16. The van der Waals surface area contributed by atoms with Crippen LogP contribution < -0.4 is 0 Å². The molecule has 1 nitrogen and oxygen atoms in total. The van der Waals surface area contributed by atoms with Crippen LogP contribution in [0.3, 0.4) is 0 Å². The van der Waals surface area contributed by atoms with Gasteiger partial charge in [-0.05, 0) is 64.7 Å². The van der Waals surface area contributed by atoms with Gasteiger partial charge in [-0.1, -0.05) is 35.3 Å². The molecule has 1 atom stereocenters. The Bertz CT molecular complexity index is 626. The van der Waals surface area contributed by atoms with Crippen LogP contribution in [-0.4, -0.2) is 5.11 Å². The predicted octanol–water partition coefficient (Wildman–Crippen LogP) is 5.45. The van der Waals surface area contributed by atoms with Gasteiger partial charge in [0.05, 0.1) is 5.02 Å². The summed E-state index contributed by atoms with van der Waals surface area (Å²) >= 11 is 15.6. The lowest BCUT2D eigenvalue weighted by molar-refractivity contribution is 0.220. The lowest BCUT2D eigenvalue weighted by Gasteiger charge is -2.16. The fourth-order valence-electron chi connectivity index (χ4n) is 1.87. The molecule has 1 N–H and O–H groups in total. The van der Waals surface area contributed by atoms with Crippen LogP contribution in [0.4, 0.5) is 0 Å². The average Bonchev–Trinajstić information content (AvgIpc) is 2.36. The van der Waals surface area contributed by atoms with Crippen molar-refractivity contribution in [2.75, 3.05) is 0 Å². The van der Waals surface area contributed by atoms with Crippen LogP contribution in [0.5, 0.6) is 0 Å². The molecule has 0 heterocycles. The summed E-state index contributed by atoms with van der Waals surface area (Å²) < 4.78 is 0.802. The number of aliphatic hydroxyl groups excluding tert-OH is 1. The maximum atomic E-state index is 10.4. The number of aliphatic hydroxyl groups is 1. The second-order valence-electron chi connectivity index (χ2n) is 4.53. The monoisotopic (exact) mass is 358 g/mol. The van der Waals surface area contributed by atoms with Gasteiger partial charge >= 0.3 is 0 Å². The molecule has 0 saturated heterocycles. The SMILES string of the molecule is Cc1cc(Cl)c(C(O)c2ccc(Br)c(Cl)c2)cc1C. The third-order valence-electron chi connectivity index (χ3n) is 3.17. The Kier molecular flexibility index (Phi) is 4.57. The van der Waals surface area contributed by atoms with Crippen LogP contribution in [-0.2, 0) is 0 Å². The molecule has 100 valence electrons. The summed E-state index contributed by atoms with van der Waals surface area (Å²) in [7, 11) is 0. The van der Waals surface area contributed by atoms with Gasteiger partial charge in [-0.25, -0.2) is 0 Å². The molecule has 2 aromatic carbocycles. The Morgan fingerprint density at radius 2 is 1.63 bits per heavy atom. The number of hydrogen-bond donors (Lipinski definition) is 1. The van der Waals surface area contributed by atoms with Crippen LogP contribution in [0.1, 0.15) is 28.4 Å². The maximum absolute atomic E-state index is 10.4. The van der Waals surface area contributed by atoms with E-state index in [9.17, 15) is 5.11 Å². The topological polar surface area (TPSA) is 20.2 Å². The average molecular weight is 360 g/mol. The van der Waals surface area contributed by atoms with Gasteiger partial charge in [-0.15, -0.1) is 0 Å². The van der Waals surface area contributed by atoms with E-state index in [0.717, 1.165) is 21.2 Å². The van der Waals surface area contributed by atoms with Crippen molar-refractivity contribution in [1.29, 1.82) is 0 Å². The number of benzene rings is 2. The van der Waals surface area contributed by atoms with Crippen LogP contribution >= 0.6 is 39.1 Å². The minimum absolute atomic E-state index is 0.564. The molecule has 4 heteroatoms. The van der Waals surface area contributed by atoms with Crippen molar-refractivity contribution in [3.63, 3.8) is 0 Å². The molecular weight excluding hydrogens is 347 g/mol. The summed E-state index contributed by atoms with van der Waals surface area (Å²) in [6.07, 6.45) is -0.780. The predicted molar refractivity (Wildman–Crippen MR) is 84.1 cm³/mol. The van der Waals surface area contributed by atoms with E-state index in [-0.39, 0.29) is 0 Å². The van der Waals surface area contributed by atoms with Crippen molar-refractivity contribution >= 4 is 39.1 Å². The summed E-state index contributed by atoms with van der Waals surface area (Å²) in [5.41, 5.74) is 3.62. The van der Waals surface area contributed by atoms with E-state index in [0.29, 0.717) is 15.6 Å². The Morgan fingerprint density at radius 1 is 1.00 bits per heavy atom. The lowest BCUT2D eigenvalue weighted by atomic mass is 9.98. The van der Waals surface area contributed by atoms with Gasteiger partial charge < -0.3 is 5.11 Å². The fourth-order valence-corrected chi connectivity index (χ4v) is 2.63. The fraction of sp³-hybridized carbons (Fsp3) is 0.200. The molecule has 0 fully saturated rings. The molecule has 0 amide bonds.